The molecule has 20 heavy (non-hydrogen) atoms. The molecule has 114 valence electrons. The standard InChI is InChI=1S/C15H26N2O3/c1-15(2,3)12-7-10-17(11-8-12)14(20)16(4)9-5-6-13(18)19/h7H,5-6,8-11H2,1-4H3,(H,18,19). The predicted octanol–water partition coefficient (Wildman–Crippen LogP) is 2.58. The van der Waals surface area contributed by atoms with Crippen LogP contribution in [0.4, 0.5) is 4.79 Å². The summed E-state index contributed by atoms with van der Waals surface area (Å²) in [7, 11) is 1.73. The highest BCUT2D eigenvalue weighted by Gasteiger charge is 2.24. The summed E-state index contributed by atoms with van der Waals surface area (Å²) >= 11 is 0. The summed E-state index contributed by atoms with van der Waals surface area (Å²) in [6.45, 7) is 8.44. The Morgan fingerprint density at radius 3 is 2.50 bits per heavy atom. The van der Waals surface area contributed by atoms with Crippen molar-refractivity contribution in [3.8, 4) is 0 Å². The third-order valence-corrected chi connectivity index (χ3v) is 3.65. The molecule has 1 heterocycles. The van der Waals surface area contributed by atoms with Crippen LogP contribution >= 0.6 is 0 Å². The third-order valence-electron chi connectivity index (χ3n) is 3.65. The molecule has 1 N–H and O–H groups in total. The second kappa shape index (κ2) is 6.77. The highest BCUT2D eigenvalue weighted by molar-refractivity contribution is 5.74. The van der Waals surface area contributed by atoms with Gasteiger partial charge in [0, 0.05) is 33.1 Å². The molecule has 0 atom stereocenters. The van der Waals surface area contributed by atoms with Gasteiger partial charge >= 0.3 is 12.0 Å². The van der Waals surface area contributed by atoms with E-state index in [0.29, 0.717) is 19.5 Å². The van der Waals surface area contributed by atoms with E-state index >= 15 is 0 Å². The fourth-order valence-corrected chi connectivity index (χ4v) is 2.33. The van der Waals surface area contributed by atoms with Crippen LogP contribution in [0.1, 0.15) is 40.0 Å². The molecule has 1 aliphatic heterocycles. The Kier molecular flexibility index (Phi) is 5.60. The predicted molar refractivity (Wildman–Crippen MR) is 78.6 cm³/mol. The van der Waals surface area contributed by atoms with E-state index in [2.05, 4.69) is 26.8 Å². The second-order valence-electron chi connectivity index (χ2n) is 6.38. The number of carboxylic acids is 1. The van der Waals surface area contributed by atoms with Crippen LogP contribution in [0.3, 0.4) is 0 Å². The number of urea groups is 1. The van der Waals surface area contributed by atoms with Gasteiger partial charge in [-0.25, -0.2) is 4.79 Å². The summed E-state index contributed by atoms with van der Waals surface area (Å²) in [6, 6.07) is -0.0143. The Morgan fingerprint density at radius 2 is 2.05 bits per heavy atom. The zero-order valence-electron chi connectivity index (χ0n) is 13.0. The van der Waals surface area contributed by atoms with Crippen LogP contribution < -0.4 is 0 Å². The molecule has 0 aromatic heterocycles. The molecule has 1 rings (SSSR count). The van der Waals surface area contributed by atoms with Gasteiger partial charge in [0.15, 0.2) is 0 Å². The van der Waals surface area contributed by atoms with Crippen LogP contribution in [-0.4, -0.2) is 53.6 Å². The van der Waals surface area contributed by atoms with Gasteiger partial charge in [-0.05, 0) is 18.3 Å². The Morgan fingerprint density at radius 1 is 1.40 bits per heavy atom. The molecule has 0 aliphatic carbocycles. The minimum atomic E-state index is -0.818. The summed E-state index contributed by atoms with van der Waals surface area (Å²) in [5.41, 5.74) is 1.57. The highest BCUT2D eigenvalue weighted by Crippen LogP contribution is 2.30. The number of hydrogen-bond acceptors (Lipinski definition) is 2. The Bertz CT molecular complexity index is 396. The Labute approximate surface area is 121 Å². The van der Waals surface area contributed by atoms with Gasteiger partial charge in [-0.15, -0.1) is 0 Å². The van der Waals surface area contributed by atoms with E-state index < -0.39 is 5.97 Å². The zero-order valence-corrected chi connectivity index (χ0v) is 13.0. The van der Waals surface area contributed by atoms with Crippen molar-refractivity contribution in [3.05, 3.63) is 11.6 Å². The quantitative estimate of drug-likeness (QED) is 0.806. The van der Waals surface area contributed by atoms with Crippen molar-refractivity contribution in [3.63, 3.8) is 0 Å². The van der Waals surface area contributed by atoms with Gasteiger partial charge in [-0.3, -0.25) is 4.79 Å². The van der Waals surface area contributed by atoms with E-state index in [4.69, 9.17) is 5.11 Å². The van der Waals surface area contributed by atoms with Crippen molar-refractivity contribution >= 4 is 12.0 Å². The molecule has 2 amide bonds. The first-order valence-electron chi connectivity index (χ1n) is 7.13. The van der Waals surface area contributed by atoms with Gasteiger partial charge in [-0.2, -0.15) is 0 Å². The number of carbonyl (C=O) groups excluding carboxylic acids is 1. The molecule has 0 aromatic rings. The number of carbonyl (C=O) groups is 2. The lowest BCUT2D eigenvalue weighted by Crippen LogP contribution is -2.44. The molecule has 0 aromatic carbocycles. The number of amides is 2. The lowest BCUT2D eigenvalue weighted by Gasteiger charge is -2.34. The van der Waals surface area contributed by atoms with Gasteiger partial charge in [-0.1, -0.05) is 32.4 Å². The molecule has 0 saturated carbocycles. The van der Waals surface area contributed by atoms with E-state index in [1.54, 1.807) is 11.9 Å². The molecule has 0 bridgehead atoms. The van der Waals surface area contributed by atoms with Gasteiger partial charge in [0.1, 0.15) is 0 Å². The lowest BCUT2D eigenvalue weighted by atomic mass is 9.83. The second-order valence-corrected chi connectivity index (χ2v) is 6.38. The normalized spacial score (nSPS) is 15.8. The first-order valence-corrected chi connectivity index (χ1v) is 7.13. The van der Waals surface area contributed by atoms with Crippen molar-refractivity contribution in [1.29, 1.82) is 0 Å². The average molecular weight is 282 g/mol. The van der Waals surface area contributed by atoms with Crippen molar-refractivity contribution < 1.29 is 14.7 Å². The van der Waals surface area contributed by atoms with E-state index in [0.717, 1.165) is 13.0 Å². The van der Waals surface area contributed by atoms with Crippen molar-refractivity contribution in [1.82, 2.24) is 9.80 Å². The van der Waals surface area contributed by atoms with E-state index in [1.807, 2.05) is 4.90 Å². The molecule has 5 heteroatoms. The third kappa shape index (κ3) is 4.87. The number of carboxylic acid groups (broad SMARTS) is 1. The number of rotatable bonds is 4. The molecule has 0 radical (unpaired) electrons. The molecule has 0 fully saturated rings. The summed E-state index contributed by atoms with van der Waals surface area (Å²) in [5, 5.41) is 8.60. The average Bonchev–Trinajstić information content (AvgIpc) is 2.36. The maximum absolute atomic E-state index is 12.2. The minimum absolute atomic E-state index is 0.0143. The molecular weight excluding hydrogens is 256 g/mol. The van der Waals surface area contributed by atoms with E-state index in [1.165, 1.54) is 5.57 Å². The van der Waals surface area contributed by atoms with Crippen molar-refractivity contribution in [2.75, 3.05) is 26.7 Å². The van der Waals surface area contributed by atoms with Gasteiger partial charge in [0.2, 0.25) is 0 Å². The number of nitrogens with zero attached hydrogens (tertiary/aromatic N) is 2. The first-order chi connectivity index (χ1) is 9.21. The van der Waals surface area contributed by atoms with Crippen LogP contribution in [0.25, 0.3) is 0 Å². The smallest absolute Gasteiger partial charge is 0.320 e. The maximum atomic E-state index is 12.2. The van der Waals surface area contributed by atoms with Gasteiger partial charge < -0.3 is 14.9 Å². The van der Waals surface area contributed by atoms with Crippen LogP contribution in [0.2, 0.25) is 0 Å². The monoisotopic (exact) mass is 282 g/mol. The molecule has 0 saturated heterocycles. The Hall–Kier alpha value is -1.52. The van der Waals surface area contributed by atoms with Crippen molar-refractivity contribution in [2.45, 2.75) is 40.0 Å². The summed E-state index contributed by atoms with van der Waals surface area (Å²) < 4.78 is 0. The van der Waals surface area contributed by atoms with E-state index in [-0.39, 0.29) is 17.9 Å². The van der Waals surface area contributed by atoms with Gasteiger partial charge in [0.25, 0.3) is 0 Å². The van der Waals surface area contributed by atoms with Gasteiger partial charge in [0.05, 0.1) is 0 Å². The molecule has 0 spiro atoms. The molecular formula is C15H26N2O3. The first kappa shape index (κ1) is 16.5. The summed E-state index contributed by atoms with van der Waals surface area (Å²) in [5.74, 6) is -0.818. The fourth-order valence-electron chi connectivity index (χ4n) is 2.33. The summed E-state index contributed by atoms with van der Waals surface area (Å²) in [4.78, 5) is 26.1. The van der Waals surface area contributed by atoms with Crippen LogP contribution in [0.5, 0.6) is 0 Å². The maximum Gasteiger partial charge on any atom is 0.320 e. The zero-order chi connectivity index (χ0) is 15.3. The fraction of sp³-hybridized carbons (Fsp3) is 0.733. The van der Waals surface area contributed by atoms with Crippen LogP contribution in [-0.2, 0) is 4.79 Å². The summed E-state index contributed by atoms with van der Waals surface area (Å²) in [6.07, 6.45) is 3.66. The van der Waals surface area contributed by atoms with Crippen molar-refractivity contribution in [2.24, 2.45) is 5.41 Å². The number of aliphatic carboxylic acids is 1. The minimum Gasteiger partial charge on any atom is -0.481 e. The van der Waals surface area contributed by atoms with E-state index in [9.17, 15) is 9.59 Å². The highest BCUT2D eigenvalue weighted by atomic mass is 16.4. The molecule has 1 aliphatic rings. The number of hydrogen-bond donors (Lipinski definition) is 1. The largest absolute Gasteiger partial charge is 0.481 e. The SMILES string of the molecule is CN(CCCC(=O)O)C(=O)N1CC=C(C(C)(C)C)CC1. The van der Waals surface area contributed by atoms with Crippen LogP contribution in [0, 0.1) is 5.41 Å². The molecule has 0 unspecified atom stereocenters. The molecule has 5 nitrogen and oxygen atoms in total. The Balaban J connectivity index is 2.46. The lowest BCUT2D eigenvalue weighted by molar-refractivity contribution is -0.137. The van der Waals surface area contributed by atoms with Crippen LogP contribution in [0.15, 0.2) is 11.6 Å². The topological polar surface area (TPSA) is 60.9 Å².